The van der Waals surface area contributed by atoms with Gasteiger partial charge in [0.1, 0.15) is 5.75 Å². The summed E-state index contributed by atoms with van der Waals surface area (Å²) in [6, 6.07) is 6.25. The topological polar surface area (TPSA) is 80.9 Å². The highest BCUT2D eigenvalue weighted by Gasteiger charge is 2.11. The van der Waals surface area contributed by atoms with E-state index in [-0.39, 0.29) is 17.4 Å². The predicted octanol–water partition coefficient (Wildman–Crippen LogP) is 0.570. The first-order chi connectivity index (χ1) is 7.18. The Balaban J connectivity index is 2.49. The summed E-state index contributed by atoms with van der Waals surface area (Å²) in [5, 5.41) is 19.8. The third-order valence-corrected chi connectivity index (χ3v) is 1.88. The molecule has 15 heavy (non-hydrogen) atoms. The largest absolute Gasteiger partial charge is 0.508 e. The van der Waals surface area contributed by atoms with Gasteiger partial charge in [0.05, 0.1) is 5.69 Å². The molecule has 0 atom stereocenters. The smallest absolute Gasteiger partial charge is 0.222 e. The van der Waals surface area contributed by atoms with Crippen molar-refractivity contribution in [3.8, 4) is 11.4 Å². The van der Waals surface area contributed by atoms with Gasteiger partial charge >= 0.3 is 0 Å². The Labute approximate surface area is 85.2 Å². The molecule has 76 valence electrons. The van der Waals surface area contributed by atoms with Crippen molar-refractivity contribution >= 4 is 5.78 Å². The Morgan fingerprint density at radius 2 is 2.00 bits per heavy atom. The van der Waals surface area contributed by atoms with Gasteiger partial charge in [-0.3, -0.25) is 4.79 Å². The zero-order valence-electron chi connectivity index (χ0n) is 7.95. The zero-order chi connectivity index (χ0) is 10.8. The first-order valence-corrected chi connectivity index (χ1v) is 4.27. The molecule has 1 N–H and O–H groups in total. The van der Waals surface area contributed by atoms with Crippen molar-refractivity contribution < 1.29 is 9.90 Å². The zero-order valence-corrected chi connectivity index (χ0v) is 7.95. The molecule has 0 unspecified atom stereocenters. The van der Waals surface area contributed by atoms with Crippen molar-refractivity contribution in [2.75, 3.05) is 0 Å². The summed E-state index contributed by atoms with van der Waals surface area (Å²) in [7, 11) is 0. The van der Waals surface area contributed by atoms with E-state index in [4.69, 9.17) is 5.11 Å². The van der Waals surface area contributed by atoms with Crippen LogP contribution in [-0.4, -0.2) is 31.1 Å². The molecule has 1 aromatic heterocycles. The van der Waals surface area contributed by atoms with Gasteiger partial charge in [0.25, 0.3) is 0 Å². The van der Waals surface area contributed by atoms with Crippen LogP contribution in [0.15, 0.2) is 24.3 Å². The third-order valence-electron chi connectivity index (χ3n) is 1.88. The molecule has 1 heterocycles. The number of carbonyl (C=O) groups excluding carboxylic acids is 1. The van der Waals surface area contributed by atoms with Crippen molar-refractivity contribution in [1.82, 2.24) is 20.2 Å². The second-order valence-corrected chi connectivity index (χ2v) is 2.99. The number of benzene rings is 1. The lowest BCUT2D eigenvalue weighted by Gasteiger charge is -2.01. The fourth-order valence-corrected chi connectivity index (χ4v) is 1.17. The van der Waals surface area contributed by atoms with Gasteiger partial charge in [-0.25, -0.2) is 0 Å². The van der Waals surface area contributed by atoms with E-state index < -0.39 is 0 Å². The van der Waals surface area contributed by atoms with Gasteiger partial charge in [-0.1, -0.05) is 0 Å². The molecule has 1 aromatic carbocycles. The third kappa shape index (κ3) is 1.69. The summed E-state index contributed by atoms with van der Waals surface area (Å²) >= 11 is 0. The minimum atomic E-state index is -0.215. The van der Waals surface area contributed by atoms with E-state index in [1.165, 1.54) is 23.7 Å². The monoisotopic (exact) mass is 204 g/mol. The summed E-state index contributed by atoms with van der Waals surface area (Å²) in [4.78, 5) is 11.2. The van der Waals surface area contributed by atoms with Gasteiger partial charge in [0, 0.05) is 6.92 Å². The van der Waals surface area contributed by atoms with E-state index in [1.54, 1.807) is 12.1 Å². The second kappa shape index (κ2) is 3.49. The van der Waals surface area contributed by atoms with Crippen LogP contribution in [0.3, 0.4) is 0 Å². The number of hydrogen-bond acceptors (Lipinski definition) is 5. The molecule has 0 saturated carbocycles. The van der Waals surface area contributed by atoms with Gasteiger partial charge < -0.3 is 5.11 Å². The number of Topliss-reactive ketones (excluding diaryl/α,β-unsaturated/α-hetero) is 1. The first kappa shape index (κ1) is 9.32. The molecule has 0 bridgehead atoms. The van der Waals surface area contributed by atoms with E-state index in [1.807, 2.05) is 0 Å². The Morgan fingerprint density at radius 3 is 2.60 bits per heavy atom. The molecule has 2 aromatic rings. The molecule has 0 amide bonds. The number of hydrogen-bond donors (Lipinski definition) is 1. The van der Waals surface area contributed by atoms with Crippen LogP contribution in [0.2, 0.25) is 0 Å². The number of phenols is 1. The van der Waals surface area contributed by atoms with Crippen molar-refractivity contribution in [1.29, 1.82) is 0 Å². The molecular formula is C9H8N4O2. The van der Waals surface area contributed by atoms with Crippen molar-refractivity contribution in [2.24, 2.45) is 0 Å². The average Bonchev–Trinajstić information content (AvgIpc) is 2.67. The van der Waals surface area contributed by atoms with Crippen LogP contribution in [0.1, 0.15) is 17.5 Å². The molecule has 6 heteroatoms. The lowest BCUT2D eigenvalue weighted by atomic mass is 10.3. The quantitative estimate of drug-likeness (QED) is 0.723. The number of aromatic hydroxyl groups is 1. The van der Waals surface area contributed by atoms with E-state index in [9.17, 15) is 4.79 Å². The van der Waals surface area contributed by atoms with Crippen LogP contribution in [0.4, 0.5) is 0 Å². The van der Waals surface area contributed by atoms with Crippen molar-refractivity contribution in [3.05, 3.63) is 30.1 Å². The Hall–Kier alpha value is -2.24. The molecule has 0 radical (unpaired) electrons. The maximum absolute atomic E-state index is 11.2. The normalized spacial score (nSPS) is 10.2. The van der Waals surface area contributed by atoms with Crippen LogP contribution < -0.4 is 0 Å². The van der Waals surface area contributed by atoms with Crippen LogP contribution in [0, 0.1) is 0 Å². The molecule has 0 aliphatic rings. The average molecular weight is 204 g/mol. The van der Waals surface area contributed by atoms with E-state index in [0.29, 0.717) is 5.69 Å². The number of tetrazole rings is 1. The number of rotatable bonds is 2. The summed E-state index contributed by atoms with van der Waals surface area (Å²) in [5.74, 6) is 0.102. The number of phenolic OH excluding ortho intramolecular Hbond substituents is 1. The lowest BCUT2D eigenvalue weighted by molar-refractivity contribution is 0.100. The van der Waals surface area contributed by atoms with E-state index in [2.05, 4.69) is 15.5 Å². The fraction of sp³-hybridized carbons (Fsp3) is 0.111. The summed E-state index contributed by atoms with van der Waals surface area (Å²) in [6.07, 6.45) is 0. The molecular weight excluding hydrogens is 196 g/mol. The van der Waals surface area contributed by atoms with Crippen molar-refractivity contribution in [2.45, 2.75) is 6.92 Å². The number of ketones is 1. The highest BCUT2D eigenvalue weighted by molar-refractivity contribution is 5.90. The fourth-order valence-electron chi connectivity index (χ4n) is 1.17. The van der Waals surface area contributed by atoms with E-state index >= 15 is 0 Å². The summed E-state index contributed by atoms with van der Waals surface area (Å²) in [6.45, 7) is 1.39. The Bertz CT molecular complexity index is 489. The minimum absolute atomic E-state index is 0.149. The summed E-state index contributed by atoms with van der Waals surface area (Å²) < 4.78 is 1.32. The van der Waals surface area contributed by atoms with Gasteiger partial charge in [-0.2, -0.15) is 4.68 Å². The lowest BCUT2D eigenvalue weighted by Crippen LogP contribution is -2.06. The maximum atomic E-state index is 11.2. The molecule has 2 rings (SSSR count). The highest BCUT2D eigenvalue weighted by Crippen LogP contribution is 2.13. The molecule has 0 spiro atoms. The SMILES string of the molecule is CC(=O)c1nnnn1-c1ccc(O)cc1. The standard InChI is InChI=1S/C9H8N4O2/c1-6(14)9-10-11-12-13(9)7-2-4-8(15)5-3-7/h2-5,15H,1H3. The van der Waals surface area contributed by atoms with Crippen molar-refractivity contribution in [3.63, 3.8) is 0 Å². The second-order valence-electron chi connectivity index (χ2n) is 2.99. The molecule has 0 aliphatic heterocycles. The highest BCUT2D eigenvalue weighted by atomic mass is 16.3. The van der Waals surface area contributed by atoms with Gasteiger partial charge in [0.2, 0.25) is 5.82 Å². The number of nitrogens with zero attached hydrogens (tertiary/aromatic N) is 4. The molecule has 6 nitrogen and oxygen atoms in total. The molecule has 0 aliphatic carbocycles. The van der Waals surface area contributed by atoms with Crippen LogP contribution in [-0.2, 0) is 0 Å². The molecule has 0 fully saturated rings. The minimum Gasteiger partial charge on any atom is -0.508 e. The number of aromatic nitrogens is 4. The van der Waals surface area contributed by atoms with E-state index in [0.717, 1.165) is 0 Å². The van der Waals surface area contributed by atoms with Crippen LogP contribution in [0.5, 0.6) is 5.75 Å². The molecule has 0 saturated heterocycles. The Morgan fingerprint density at radius 1 is 1.33 bits per heavy atom. The predicted molar refractivity (Wildman–Crippen MR) is 50.8 cm³/mol. The van der Waals surface area contributed by atoms with Gasteiger partial charge in [-0.05, 0) is 34.7 Å². The van der Waals surface area contributed by atoms with Gasteiger partial charge in [0.15, 0.2) is 5.78 Å². The van der Waals surface area contributed by atoms with Gasteiger partial charge in [-0.15, -0.1) is 5.10 Å². The van der Waals surface area contributed by atoms with Crippen LogP contribution >= 0.6 is 0 Å². The van der Waals surface area contributed by atoms with Crippen LogP contribution in [0.25, 0.3) is 5.69 Å². The maximum Gasteiger partial charge on any atom is 0.222 e. The summed E-state index contributed by atoms with van der Waals surface area (Å²) in [5.41, 5.74) is 0.628. The number of carbonyl (C=O) groups is 1. The first-order valence-electron chi connectivity index (χ1n) is 4.27. The Kier molecular flexibility index (Phi) is 2.17.